The number of carbonyl (C=O) groups is 1. The molecule has 1 aromatic rings. The minimum atomic E-state index is -4.47. The first-order valence-corrected chi connectivity index (χ1v) is 5.60. The Balaban J connectivity index is 2.91. The monoisotopic (exact) mass is 245 g/mol. The van der Waals surface area contributed by atoms with Crippen molar-refractivity contribution in [3.63, 3.8) is 0 Å². The Kier molecular flexibility index (Phi) is 3.48. The van der Waals surface area contributed by atoms with Gasteiger partial charge in [-0.05, 0) is 24.3 Å². The molecule has 0 fully saturated rings. The number of rotatable bonds is 3. The highest BCUT2D eigenvalue weighted by Gasteiger charge is 2.14. The van der Waals surface area contributed by atoms with Crippen LogP contribution in [0.1, 0.15) is 6.92 Å². The van der Waals surface area contributed by atoms with Gasteiger partial charge < -0.3 is 5.32 Å². The molecule has 0 aliphatic heterocycles. The number of amides is 1. The van der Waals surface area contributed by atoms with E-state index in [1.807, 2.05) is 0 Å². The van der Waals surface area contributed by atoms with Gasteiger partial charge in [0.05, 0.1) is 5.69 Å². The number of nitrogens with zero attached hydrogens (tertiary/aromatic N) is 1. The standard InChI is InChI=1S/C8H11N3O4S/c1-6(12)10-7-2-4-8(5-3-7)11(9)16(13,14)15/h2-5H,9H2,1H3,(H,10,12)(H,13,14,15). The number of hydrogen-bond donors (Lipinski definition) is 3. The minimum absolute atomic E-state index is 0.0802. The van der Waals surface area contributed by atoms with E-state index in [-0.39, 0.29) is 16.0 Å². The van der Waals surface area contributed by atoms with Crippen LogP contribution in [0.25, 0.3) is 0 Å². The lowest BCUT2D eigenvalue weighted by molar-refractivity contribution is -0.114. The van der Waals surface area contributed by atoms with Gasteiger partial charge in [-0.1, -0.05) is 0 Å². The first-order valence-electron chi connectivity index (χ1n) is 4.21. The van der Waals surface area contributed by atoms with Gasteiger partial charge >= 0.3 is 10.3 Å². The van der Waals surface area contributed by atoms with E-state index in [0.717, 1.165) is 0 Å². The highest BCUT2D eigenvalue weighted by molar-refractivity contribution is 7.87. The third-order valence-corrected chi connectivity index (χ3v) is 2.40. The van der Waals surface area contributed by atoms with Crippen LogP contribution in [0.3, 0.4) is 0 Å². The molecule has 7 nitrogen and oxygen atoms in total. The summed E-state index contributed by atoms with van der Waals surface area (Å²) in [7, 11) is -4.47. The number of benzene rings is 1. The van der Waals surface area contributed by atoms with Crippen molar-refractivity contribution in [2.75, 3.05) is 9.73 Å². The number of anilines is 2. The fourth-order valence-corrected chi connectivity index (χ4v) is 1.42. The van der Waals surface area contributed by atoms with Gasteiger partial charge in [-0.25, -0.2) is 5.84 Å². The summed E-state index contributed by atoms with van der Waals surface area (Å²) in [6, 6.07) is 5.61. The molecule has 0 atom stereocenters. The van der Waals surface area contributed by atoms with Gasteiger partial charge in [0, 0.05) is 12.6 Å². The topological polar surface area (TPSA) is 113 Å². The van der Waals surface area contributed by atoms with Crippen LogP contribution in [0.15, 0.2) is 24.3 Å². The maximum absolute atomic E-state index is 10.7. The minimum Gasteiger partial charge on any atom is -0.326 e. The van der Waals surface area contributed by atoms with E-state index in [9.17, 15) is 13.2 Å². The number of carbonyl (C=O) groups excluding carboxylic acids is 1. The van der Waals surface area contributed by atoms with Crippen LogP contribution >= 0.6 is 0 Å². The van der Waals surface area contributed by atoms with Crippen LogP contribution in [0.2, 0.25) is 0 Å². The fourth-order valence-electron chi connectivity index (χ4n) is 1.03. The van der Waals surface area contributed by atoms with Gasteiger partial charge in [0.2, 0.25) is 5.91 Å². The molecule has 0 saturated carbocycles. The van der Waals surface area contributed by atoms with Gasteiger partial charge in [-0.15, -0.1) is 0 Å². The molecule has 4 N–H and O–H groups in total. The molecule has 0 saturated heterocycles. The summed E-state index contributed by atoms with van der Waals surface area (Å²) >= 11 is 0. The van der Waals surface area contributed by atoms with Crippen molar-refractivity contribution in [3.8, 4) is 0 Å². The lowest BCUT2D eigenvalue weighted by Crippen LogP contribution is -2.36. The molecule has 0 aliphatic carbocycles. The number of nitrogens with two attached hydrogens (primary N) is 1. The van der Waals surface area contributed by atoms with Gasteiger partial charge in [0.15, 0.2) is 0 Å². The molecular formula is C8H11N3O4S. The molecular weight excluding hydrogens is 234 g/mol. The number of hydrazine groups is 1. The molecule has 8 heteroatoms. The molecule has 0 bridgehead atoms. The van der Waals surface area contributed by atoms with E-state index >= 15 is 0 Å². The number of nitrogens with one attached hydrogen (secondary N) is 1. The first-order chi connectivity index (χ1) is 7.30. The molecule has 1 aromatic carbocycles. The molecule has 0 spiro atoms. The SMILES string of the molecule is CC(=O)Nc1ccc(N(N)S(=O)(=O)O)cc1. The van der Waals surface area contributed by atoms with E-state index in [1.54, 1.807) is 0 Å². The Morgan fingerprint density at radius 2 is 1.88 bits per heavy atom. The highest BCUT2D eigenvalue weighted by Crippen LogP contribution is 2.17. The summed E-state index contributed by atoms with van der Waals surface area (Å²) in [5, 5.41) is 2.50. The Labute approximate surface area is 92.7 Å². The Morgan fingerprint density at radius 1 is 1.38 bits per heavy atom. The molecule has 0 radical (unpaired) electrons. The predicted octanol–water partition coefficient (Wildman–Crippen LogP) is 0.128. The normalized spacial score (nSPS) is 10.9. The zero-order chi connectivity index (χ0) is 12.3. The summed E-state index contributed by atoms with van der Waals surface area (Å²) in [6.07, 6.45) is 0. The molecule has 0 aromatic heterocycles. The molecule has 0 aliphatic rings. The van der Waals surface area contributed by atoms with Crippen LogP contribution in [0, 0.1) is 0 Å². The smallest absolute Gasteiger partial charge is 0.326 e. The van der Waals surface area contributed by atoms with Crippen LogP contribution in [0.4, 0.5) is 11.4 Å². The van der Waals surface area contributed by atoms with Crippen molar-refractivity contribution in [3.05, 3.63) is 24.3 Å². The van der Waals surface area contributed by atoms with Gasteiger partial charge in [0.1, 0.15) is 0 Å². The second-order valence-corrected chi connectivity index (χ2v) is 4.29. The van der Waals surface area contributed by atoms with Crippen LogP contribution in [-0.4, -0.2) is 18.9 Å². The van der Waals surface area contributed by atoms with E-state index in [1.165, 1.54) is 31.2 Å². The summed E-state index contributed by atoms with van der Waals surface area (Å²) in [5.41, 5.74) is 0.580. The van der Waals surface area contributed by atoms with Crippen molar-refractivity contribution < 1.29 is 17.8 Å². The molecule has 1 amide bonds. The van der Waals surface area contributed by atoms with Gasteiger partial charge in [0.25, 0.3) is 0 Å². The molecule has 16 heavy (non-hydrogen) atoms. The van der Waals surface area contributed by atoms with E-state index < -0.39 is 10.3 Å². The lowest BCUT2D eigenvalue weighted by atomic mass is 10.3. The molecule has 1 rings (SSSR count). The van der Waals surface area contributed by atoms with Crippen molar-refractivity contribution in [1.29, 1.82) is 0 Å². The van der Waals surface area contributed by atoms with E-state index in [4.69, 9.17) is 10.4 Å². The van der Waals surface area contributed by atoms with Crippen molar-refractivity contribution in [2.45, 2.75) is 6.92 Å². The average Bonchev–Trinajstić information content (AvgIpc) is 2.15. The van der Waals surface area contributed by atoms with Crippen LogP contribution in [-0.2, 0) is 15.1 Å². The van der Waals surface area contributed by atoms with Crippen molar-refractivity contribution >= 4 is 27.6 Å². The zero-order valence-electron chi connectivity index (χ0n) is 8.41. The Morgan fingerprint density at radius 3 is 2.25 bits per heavy atom. The highest BCUT2D eigenvalue weighted by atomic mass is 32.2. The first kappa shape index (κ1) is 12.4. The van der Waals surface area contributed by atoms with Crippen molar-refractivity contribution in [1.82, 2.24) is 0 Å². The van der Waals surface area contributed by atoms with Gasteiger partial charge in [-0.2, -0.15) is 12.8 Å². The van der Waals surface area contributed by atoms with Gasteiger partial charge in [-0.3, -0.25) is 9.35 Å². The fraction of sp³-hybridized carbons (Fsp3) is 0.125. The van der Waals surface area contributed by atoms with Crippen molar-refractivity contribution in [2.24, 2.45) is 5.84 Å². The lowest BCUT2D eigenvalue weighted by Gasteiger charge is -2.14. The molecule has 0 heterocycles. The van der Waals surface area contributed by atoms with Crippen LogP contribution < -0.4 is 15.6 Å². The largest absolute Gasteiger partial charge is 0.373 e. The summed E-state index contributed by atoms with van der Waals surface area (Å²) in [4.78, 5) is 10.7. The number of hydrogen-bond acceptors (Lipinski definition) is 4. The molecule has 88 valence electrons. The maximum Gasteiger partial charge on any atom is 0.373 e. The van der Waals surface area contributed by atoms with E-state index in [0.29, 0.717) is 5.69 Å². The summed E-state index contributed by atoms with van der Waals surface area (Å²) < 4.78 is 30.2. The predicted molar refractivity (Wildman–Crippen MR) is 59.0 cm³/mol. The quantitative estimate of drug-likeness (QED) is 0.398. The molecule has 0 unspecified atom stereocenters. The summed E-state index contributed by atoms with van der Waals surface area (Å²) in [6.45, 7) is 1.35. The summed E-state index contributed by atoms with van der Waals surface area (Å²) in [5.74, 6) is 4.89. The van der Waals surface area contributed by atoms with Crippen LogP contribution in [0.5, 0.6) is 0 Å². The Bertz CT molecular complexity index is 483. The second kappa shape index (κ2) is 4.47. The Hall–Kier alpha value is -1.64. The van der Waals surface area contributed by atoms with E-state index in [2.05, 4.69) is 5.32 Å². The third-order valence-electron chi connectivity index (χ3n) is 1.69. The second-order valence-electron chi connectivity index (χ2n) is 3.00. The third kappa shape index (κ3) is 3.19. The maximum atomic E-state index is 10.7. The average molecular weight is 245 g/mol. The zero-order valence-corrected chi connectivity index (χ0v) is 9.23.